The highest BCUT2D eigenvalue weighted by atomic mass is 32.2. The SMILES string of the molecule is COc1ccc2c(c1)C(C)C(C)(C(=O)O)Cn1c-2c(C2CCCCC2)c2ccc(C(=O)NS(C)(=O)=O)cc21. The monoisotopic (exact) mass is 538 g/mol. The summed E-state index contributed by atoms with van der Waals surface area (Å²) in [5.41, 5.74) is 3.87. The highest BCUT2D eigenvalue weighted by Gasteiger charge is 2.45. The lowest BCUT2D eigenvalue weighted by molar-refractivity contribution is -0.150. The van der Waals surface area contributed by atoms with Gasteiger partial charge in [-0.25, -0.2) is 13.1 Å². The summed E-state index contributed by atoms with van der Waals surface area (Å²) in [5.74, 6) is -0.962. The maximum Gasteiger partial charge on any atom is 0.311 e. The maximum absolute atomic E-state index is 12.8. The highest BCUT2D eigenvalue weighted by Crippen LogP contribution is 2.52. The van der Waals surface area contributed by atoms with E-state index < -0.39 is 27.3 Å². The number of nitrogens with one attached hydrogen (secondary N) is 1. The summed E-state index contributed by atoms with van der Waals surface area (Å²) in [6.07, 6.45) is 6.48. The average Bonchev–Trinajstić information content (AvgIpc) is 3.15. The molecule has 5 rings (SSSR count). The minimum absolute atomic E-state index is 0.205. The molecule has 2 atom stereocenters. The van der Waals surface area contributed by atoms with Gasteiger partial charge in [-0.1, -0.05) is 32.3 Å². The molecule has 1 aliphatic carbocycles. The quantitative estimate of drug-likeness (QED) is 0.458. The molecule has 1 amide bonds. The van der Waals surface area contributed by atoms with Gasteiger partial charge >= 0.3 is 5.97 Å². The zero-order valence-corrected chi connectivity index (χ0v) is 23.0. The predicted octanol–water partition coefficient (Wildman–Crippen LogP) is 5.26. The number of benzene rings is 2. The van der Waals surface area contributed by atoms with Crippen molar-refractivity contribution in [1.29, 1.82) is 0 Å². The number of nitrogens with zero attached hydrogens (tertiary/aromatic N) is 1. The summed E-state index contributed by atoms with van der Waals surface area (Å²) in [4.78, 5) is 25.6. The molecule has 3 aromatic rings. The molecule has 0 spiro atoms. The van der Waals surface area contributed by atoms with Crippen LogP contribution < -0.4 is 9.46 Å². The largest absolute Gasteiger partial charge is 0.497 e. The first-order valence-electron chi connectivity index (χ1n) is 13.0. The fraction of sp³-hybridized carbons (Fsp3) is 0.448. The smallest absolute Gasteiger partial charge is 0.311 e. The molecule has 9 heteroatoms. The topological polar surface area (TPSA) is 115 Å². The Labute approximate surface area is 223 Å². The molecule has 1 aromatic heterocycles. The zero-order chi connectivity index (χ0) is 27.4. The maximum atomic E-state index is 12.8. The number of ether oxygens (including phenoxy) is 1. The average molecular weight is 539 g/mol. The Bertz CT molecular complexity index is 1550. The number of rotatable bonds is 5. The lowest BCUT2D eigenvalue weighted by Crippen LogP contribution is -2.36. The molecule has 1 fully saturated rings. The number of carboxylic acids is 1. The normalized spacial score (nSPS) is 21.8. The van der Waals surface area contributed by atoms with Gasteiger partial charge in [0, 0.05) is 28.6 Å². The number of hydrogen-bond acceptors (Lipinski definition) is 5. The Hall–Kier alpha value is -3.33. The molecular weight excluding hydrogens is 504 g/mol. The van der Waals surface area contributed by atoms with E-state index in [1.165, 1.54) is 12.0 Å². The number of methoxy groups -OCH3 is 1. The minimum Gasteiger partial charge on any atom is -0.497 e. The summed E-state index contributed by atoms with van der Waals surface area (Å²) in [6.45, 7) is 3.92. The number of fused-ring (bicyclic) bond motifs is 5. The molecule has 0 bridgehead atoms. The molecule has 0 radical (unpaired) electrons. The standard InChI is InChI=1S/C29H34N2O6S/c1-17-23-15-20(37-3)11-13-21(23)26-25(18-8-6-5-7-9-18)22-12-10-19(27(32)30-38(4,35)36)14-24(22)31(26)16-29(17,2)28(33)34/h10-15,17-18H,5-9,16H2,1-4H3,(H,30,32)(H,33,34). The van der Waals surface area contributed by atoms with Crippen molar-refractivity contribution in [3.05, 3.63) is 53.1 Å². The van der Waals surface area contributed by atoms with E-state index in [-0.39, 0.29) is 18.0 Å². The van der Waals surface area contributed by atoms with E-state index in [0.717, 1.165) is 59.7 Å². The van der Waals surface area contributed by atoms with Gasteiger partial charge in [0.2, 0.25) is 10.0 Å². The number of carbonyl (C=O) groups is 2. The fourth-order valence-electron chi connectivity index (χ4n) is 6.31. The fourth-order valence-corrected chi connectivity index (χ4v) is 6.76. The van der Waals surface area contributed by atoms with Crippen molar-refractivity contribution in [2.45, 2.75) is 64.3 Å². The Balaban J connectivity index is 1.85. The Morgan fingerprint density at radius 3 is 2.45 bits per heavy atom. The first-order valence-corrected chi connectivity index (χ1v) is 14.9. The van der Waals surface area contributed by atoms with Gasteiger partial charge in [0.1, 0.15) is 5.75 Å². The first-order chi connectivity index (χ1) is 17.9. The van der Waals surface area contributed by atoms with E-state index in [1.807, 2.05) is 35.9 Å². The van der Waals surface area contributed by atoms with Crippen LogP contribution in [0.15, 0.2) is 36.4 Å². The predicted molar refractivity (Wildman–Crippen MR) is 146 cm³/mol. The van der Waals surface area contributed by atoms with Crippen LogP contribution in [0.25, 0.3) is 22.2 Å². The van der Waals surface area contributed by atoms with E-state index in [4.69, 9.17) is 4.74 Å². The second-order valence-corrected chi connectivity index (χ2v) is 12.8. The summed E-state index contributed by atoms with van der Waals surface area (Å²) < 4.78 is 33.1. The van der Waals surface area contributed by atoms with Crippen LogP contribution in [0, 0.1) is 5.41 Å². The molecular formula is C29H34N2O6S. The number of carboxylic acid groups (broad SMARTS) is 1. The molecule has 0 saturated heterocycles. The second kappa shape index (κ2) is 9.45. The third-order valence-corrected chi connectivity index (χ3v) is 9.12. The van der Waals surface area contributed by atoms with Crippen LogP contribution in [0.2, 0.25) is 0 Å². The summed E-state index contributed by atoms with van der Waals surface area (Å²) in [7, 11) is -2.14. The van der Waals surface area contributed by atoms with Gasteiger partial charge in [0.25, 0.3) is 5.91 Å². The number of carbonyl (C=O) groups excluding carboxylic acids is 1. The van der Waals surface area contributed by atoms with Crippen LogP contribution in [-0.2, 0) is 21.4 Å². The van der Waals surface area contributed by atoms with Crippen molar-refractivity contribution in [1.82, 2.24) is 9.29 Å². The van der Waals surface area contributed by atoms with E-state index in [0.29, 0.717) is 11.7 Å². The molecule has 202 valence electrons. The molecule has 1 aliphatic heterocycles. The Morgan fingerprint density at radius 2 is 1.82 bits per heavy atom. The van der Waals surface area contributed by atoms with Crippen LogP contribution in [-0.4, -0.2) is 43.3 Å². The van der Waals surface area contributed by atoms with E-state index in [1.54, 1.807) is 26.2 Å². The van der Waals surface area contributed by atoms with Gasteiger partial charge in [-0.2, -0.15) is 0 Å². The lowest BCUT2D eigenvalue weighted by Gasteiger charge is -2.31. The van der Waals surface area contributed by atoms with Crippen molar-refractivity contribution in [2.75, 3.05) is 13.4 Å². The number of amides is 1. The molecule has 2 N–H and O–H groups in total. The highest BCUT2D eigenvalue weighted by molar-refractivity contribution is 7.89. The summed E-state index contributed by atoms with van der Waals surface area (Å²) in [5, 5.41) is 11.5. The molecule has 2 aromatic carbocycles. The first kappa shape index (κ1) is 26.3. The van der Waals surface area contributed by atoms with Gasteiger partial charge in [0.15, 0.2) is 0 Å². The molecule has 2 aliphatic rings. The molecule has 2 heterocycles. The van der Waals surface area contributed by atoms with Gasteiger partial charge in [-0.05, 0) is 73.1 Å². The minimum atomic E-state index is -3.74. The van der Waals surface area contributed by atoms with E-state index >= 15 is 0 Å². The van der Waals surface area contributed by atoms with Gasteiger partial charge < -0.3 is 14.4 Å². The molecule has 2 unspecified atom stereocenters. The van der Waals surface area contributed by atoms with Crippen LogP contribution in [0.1, 0.15) is 79.3 Å². The van der Waals surface area contributed by atoms with Crippen molar-refractivity contribution in [2.24, 2.45) is 5.41 Å². The summed E-state index contributed by atoms with van der Waals surface area (Å²) >= 11 is 0. The van der Waals surface area contributed by atoms with Crippen molar-refractivity contribution in [3.8, 4) is 17.0 Å². The third-order valence-electron chi connectivity index (χ3n) is 8.57. The number of aromatic nitrogens is 1. The zero-order valence-electron chi connectivity index (χ0n) is 22.2. The van der Waals surface area contributed by atoms with Crippen LogP contribution in [0.3, 0.4) is 0 Å². The van der Waals surface area contributed by atoms with E-state index in [2.05, 4.69) is 4.57 Å². The number of aliphatic carboxylic acids is 1. The van der Waals surface area contributed by atoms with Crippen molar-refractivity contribution >= 4 is 32.8 Å². The van der Waals surface area contributed by atoms with Crippen LogP contribution in [0.4, 0.5) is 0 Å². The number of sulfonamides is 1. The number of hydrogen-bond donors (Lipinski definition) is 2. The van der Waals surface area contributed by atoms with Gasteiger partial charge in [-0.15, -0.1) is 0 Å². The van der Waals surface area contributed by atoms with Gasteiger partial charge in [-0.3, -0.25) is 9.59 Å². The molecule has 1 saturated carbocycles. The van der Waals surface area contributed by atoms with Gasteiger partial charge in [0.05, 0.1) is 24.5 Å². The Morgan fingerprint density at radius 1 is 1.11 bits per heavy atom. The summed E-state index contributed by atoms with van der Waals surface area (Å²) in [6, 6.07) is 11.1. The van der Waals surface area contributed by atoms with Crippen LogP contribution in [0.5, 0.6) is 5.75 Å². The second-order valence-electron chi connectivity index (χ2n) is 11.0. The van der Waals surface area contributed by atoms with Crippen molar-refractivity contribution in [3.63, 3.8) is 0 Å². The van der Waals surface area contributed by atoms with Crippen LogP contribution >= 0.6 is 0 Å². The Kier molecular flexibility index (Phi) is 6.54. The molecule has 8 nitrogen and oxygen atoms in total. The van der Waals surface area contributed by atoms with E-state index in [9.17, 15) is 23.1 Å². The lowest BCUT2D eigenvalue weighted by atomic mass is 9.73. The molecule has 38 heavy (non-hydrogen) atoms. The third kappa shape index (κ3) is 4.36. The van der Waals surface area contributed by atoms with Crippen molar-refractivity contribution < 1.29 is 27.9 Å².